The third-order valence-corrected chi connectivity index (χ3v) is 10.1. The highest BCUT2D eigenvalue weighted by atomic mass is 32.2. The highest BCUT2D eigenvalue weighted by Gasteiger charge is 2.52. The fraction of sp³-hybridized carbons (Fsp3) is 0.500. The molecule has 8 nitrogen and oxygen atoms in total. The lowest BCUT2D eigenvalue weighted by atomic mass is 9.96. The summed E-state index contributed by atoms with van der Waals surface area (Å²) in [4.78, 5) is 25.4. The Morgan fingerprint density at radius 2 is 1.97 bits per heavy atom. The number of halogens is 5. The molecule has 2 aromatic rings. The van der Waals surface area contributed by atoms with E-state index in [1.807, 2.05) is 0 Å². The third-order valence-electron chi connectivity index (χ3n) is 6.73. The lowest BCUT2D eigenvalue weighted by Gasteiger charge is -2.43. The minimum Gasteiger partial charge on any atom is -0.485 e. The van der Waals surface area contributed by atoms with E-state index in [0.29, 0.717) is 19.4 Å². The second-order valence-electron chi connectivity index (χ2n) is 9.71. The van der Waals surface area contributed by atoms with Crippen LogP contribution in [-0.2, 0) is 21.7 Å². The zero-order chi connectivity index (χ0) is 27.9. The first-order valence-electron chi connectivity index (χ1n) is 11.7. The summed E-state index contributed by atoms with van der Waals surface area (Å²) in [7, 11) is -2.87. The van der Waals surface area contributed by atoms with Crippen LogP contribution in [0.2, 0.25) is 0 Å². The third kappa shape index (κ3) is 5.09. The van der Waals surface area contributed by atoms with E-state index in [2.05, 4.69) is 24.1 Å². The molecule has 2 aliphatic rings. The first kappa shape index (κ1) is 27.9. The minimum absolute atomic E-state index is 0.0727. The number of aromatic nitrogens is 2. The molecule has 206 valence electrons. The number of pyridine rings is 2. The average Bonchev–Trinajstić information content (AvgIpc) is 2.85. The van der Waals surface area contributed by atoms with Gasteiger partial charge in [-0.25, -0.2) is 26.7 Å². The highest BCUT2D eigenvalue weighted by Crippen LogP contribution is 2.42. The Hall–Kier alpha value is -3.16. The van der Waals surface area contributed by atoms with Crippen molar-refractivity contribution in [2.75, 3.05) is 18.9 Å². The molecule has 3 atom stereocenters. The van der Waals surface area contributed by atoms with Gasteiger partial charge in [0.1, 0.15) is 39.1 Å². The zero-order valence-corrected chi connectivity index (χ0v) is 21.4. The lowest BCUT2D eigenvalue weighted by molar-refractivity contribution is -0.148. The van der Waals surface area contributed by atoms with Gasteiger partial charge in [0.15, 0.2) is 12.4 Å². The summed E-state index contributed by atoms with van der Waals surface area (Å²) < 4.78 is 87.5. The van der Waals surface area contributed by atoms with Crippen LogP contribution in [0, 0.1) is 5.82 Å². The zero-order valence-electron chi connectivity index (χ0n) is 20.6. The van der Waals surface area contributed by atoms with Crippen molar-refractivity contribution in [2.45, 2.75) is 55.7 Å². The Balaban J connectivity index is 1.54. The standard InChI is InChI=1S/C24H26F5N5O3S/c1-22(13-38(36)23(2,21(30)34-22)8-3-9-32-38)19-16(25)6-4-14(33-19)10-18(35)17-7-5-15(11-31-17)37-12-24(28,29)20(26)27/h4-7,11,20H,3,8-10,12-13H2,1-2H3,(H2,30,34). The normalized spacial score (nSPS) is 27.3. The second-order valence-corrected chi connectivity index (χ2v) is 12.4. The molecule has 4 heterocycles. The first-order valence-corrected chi connectivity index (χ1v) is 13.4. The number of hydrogen-bond acceptors (Lipinski definition) is 8. The fourth-order valence-corrected chi connectivity index (χ4v) is 7.35. The summed E-state index contributed by atoms with van der Waals surface area (Å²) in [5.41, 5.74) is 4.87. The minimum atomic E-state index is -4.33. The number of hydrogen-bond donors (Lipinski definition) is 1. The molecule has 0 fully saturated rings. The molecule has 0 amide bonds. The molecule has 2 aromatic heterocycles. The smallest absolute Gasteiger partial charge is 0.340 e. The quantitative estimate of drug-likeness (QED) is 0.387. The summed E-state index contributed by atoms with van der Waals surface area (Å²) >= 11 is 0. The van der Waals surface area contributed by atoms with E-state index in [0.717, 1.165) is 18.3 Å². The molecule has 0 spiro atoms. The van der Waals surface area contributed by atoms with Crippen LogP contribution in [0.4, 0.5) is 22.0 Å². The molecule has 2 aliphatic heterocycles. The average molecular weight is 560 g/mol. The molecule has 0 saturated heterocycles. The Morgan fingerprint density at radius 3 is 2.63 bits per heavy atom. The maximum absolute atomic E-state index is 15.0. The number of nitrogens with zero attached hydrogens (tertiary/aromatic N) is 4. The van der Waals surface area contributed by atoms with Gasteiger partial charge in [0.2, 0.25) is 0 Å². The summed E-state index contributed by atoms with van der Waals surface area (Å²) in [5, 5.41) is 0. The van der Waals surface area contributed by atoms with E-state index in [1.165, 1.54) is 12.1 Å². The maximum Gasteiger partial charge on any atom is 0.340 e. The number of rotatable bonds is 8. The van der Waals surface area contributed by atoms with Gasteiger partial charge in [-0.1, -0.05) is 0 Å². The van der Waals surface area contributed by atoms with Gasteiger partial charge in [-0.3, -0.25) is 14.8 Å². The number of carbonyl (C=O) groups is 1. The molecule has 38 heavy (non-hydrogen) atoms. The monoisotopic (exact) mass is 559 g/mol. The Morgan fingerprint density at radius 1 is 1.24 bits per heavy atom. The molecule has 0 aliphatic carbocycles. The summed E-state index contributed by atoms with van der Waals surface area (Å²) in [6.45, 7) is 2.19. The van der Waals surface area contributed by atoms with Crippen LogP contribution in [0.25, 0.3) is 0 Å². The van der Waals surface area contributed by atoms with Gasteiger partial charge in [0.05, 0.1) is 28.1 Å². The molecule has 14 heteroatoms. The van der Waals surface area contributed by atoms with Crippen molar-refractivity contribution in [1.82, 2.24) is 9.97 Å². The van der Waals surface area contributed by atoms with Crippen LogP contribution in [0.1, 0.15) is 48.6 Å². The van der Waals surface area contributed by atoms with Crippen LogP contribution >= 0.6 is 0 Å². The number of carbonyl (C=O) groups excluding carboxylic acids is 1. The van der Waals surface area contributed by atoms with Crippen LogP contribution < -0.4 is 10.5 Å². The summed E-state index contributed by atoms with van der Waals surface area (Å²) in [6, 6.07) is 4.78. The summed E-state index contributed by atoms with van der Waals surface area (Å²) in [5.74, 6) is -5.74. The number of amidine groups is 1. The van der Waals surface area contributed by atoms with Crippen molar-refractivity contribution in [3.63, 3.8) is 0 Å². The molecule has 0 aromatic carbocycles. The number of Topliss-reactive ketones (excluding diaryl/α,β-unsaturated/α-hetero) is 1. The van der Waals surface area contributed by atoms with Crippen LogP contribution in [0.5, 0.6) is 5.75 Å². The van der Waals surface area contributed by atoms with E-state index in [1.54, 1.807) is 13.8 Å². The highest BCUT2D eigenvalue weighted by molar-refractivity contribution is 7.95. The molecule has 0 radical (unpaired) electrons. The van der Waals surface area contributed by atoms with Crippen molar-refractivity contribution in [3.8, 4) is 5.75 Å². The molecule has 0 saturated carbocycles. The van der Waals surface area contributed by atoms with Gasteiger partial charge in [-0.2, -0.15) is 8.78 Å². The van der Waals surface area contributed by atoms with Crippen molar-refractivity contribution >= 4 is 21.3 Å². The van der Waals surface area contributed by atoms with Gasteiger partial charge in [0.25, 0.3) is 0 Å². The van der Waals surface area contributed by atoms with Gasteiger partial charge < -0.3 is 10.5 Å². The lowest BCUT2D eigenvalue weighted by Crippen LogP contribution is -2.57. The SMILES string of the molecule is CC1(c2nc(CC(=O)c3ccc(OCC(F)(F)C(F)F)cn3)ccc2F)CS2(=O)=NCCCC2(C)C(N)=N1. The van der Waals surface area contributed by atoms with E-state index in [4.69, 9.17) is 5.73 Å². The number of alkyl halides is 4. The molecule has 4 rings (SSSR count). The van der Waals surface area contributed by atoms with Crippen molar-refractivity contribution in [1.29, 1.82) is 0 Å². The predicted octanol–water partition coefficient (Wildman–Crippen LogP) is 3.93. The first-order chi connectivity index (χ1) is 17.7. The maximum atomic E-state index is 15.0. The molecule has 2 N–H and O–H groups in total. The topological polar surface area (TPSA) is 120 Å². The molecular formula is C24H26F5N5O3S. The van der Waals surface area contributed by atoms with E-state index in [-0.39, 0.29) is 40.8 Å². The van der Waals surface area contributed by atoms with E-state index in [9.17, 15) is 31.0 Å². The van der Waals surface area contributed by atoms with E-state index < -0.39 is 50.6 Å². The van der Waals surface area contributed by atoms with Crippen LogP contribution in [0.3, 0.4) is 0 Å². The van der Waals surface area contributed by atoms with Crippen molar-refractivity contribution in [3.05, 3.63) is 53.4 Å². The van der Waals surface area contributed by atoms with Crippen molar-refractivity contribution < 1.29 is 35.7 Å². The molecule has 0 bridgehead atoms. The number of ether oxygens (including phenoxy) is 1. The Labute approximate surface area is 216 Å². The van der Waals surface area contributed by atoms with Gasteiger partial charge >= 0.3 is 12.3 Å². The van der Waals surface area contributed by atoms with Gasteiger partial charge in [-0.05, 0) is 51.0 Å². The number of ketones is 1. The van der Waals surface area contributed by atoms with Gasteiger partial charge in [-0.15, -0.1) is 0 Å². The fourth-order valence-electron chi connectivity index (χ4n) is 4.43. The van der Waals surface area contributed by atoms with Crippen molar-refractivity contribution in [2.24, 2.45) is 15.1 Å². The largest absolute Gasteiger partial charge is 0.485 e. The molecular weight excluding hydrogens is 533 g/mol. The van der Waals surface area contributed by atoms with Crippen LogP contribution in [-0.4, -0.2) is 61.8 Å². The number of aliphatic imine (C=N–C) groups is 1. The predicted molar refractivity (Wildman–Crippen MR) is 130 cm³/mol. The van der Waals surface area contributed by atoms with Gasteiger partial charge in [0, 0.05) is 12.2 Å². The number of fused-ring (bicyclic) bond motifs is 1. The Kier molecular flexibility index (Phi) is 7.23. The molecule has 3 unspecified atom stereocenters. The van der Waals surface area contributed by atoms with E-state index >= 15 is 0 Å². The second kappa shape index (κ2) is 9.86. The summed E-state index contributed by atoms with van der Waals surface area (Å²) in [6.07, 6.45) is -1.95. The Bertz CT molecular complexity index is 1390. The van der Waals surface area contributed by atoms with Crippen LogP contribution in [0.15, 0.2) is 39.8 Å². The number of nitrogens with two attached hydrogens (primary N) is 1.